The van der Waals surface area contributed by atoms with E-state index < -0.39 is 9.84 Å². The summed E-state index contributed by atoms with van der Waals surface area (Å²) in [5, 5.41) is -0.00480. The number of carbonyl (C=O) groups is 1. The van der Waals surface area contributed by atoms with E-state index in [0.717, 1.165) is 17.4 Å². The molecule has 1 amide bonds. The normalized spacial score (nSPS) is 16.6. The van der Waals surface area contributed by atoms with Gasteiger partial charge in [-0.2, -0.15) is 0 Å². The number of rotatable bonds is 4. The first kappa shape index (κ1) is 22.2. The average molecular weight is 479 g/mol. The monoisotopic (exact) mass is 478 g/mol. The van der Waals surface area contributed by atoms with Gasteiger partial charge in [-0.1, -0.05) is 0 Å². The predicted octanol–water partition coefficient (Wildman–Crippen LogP) is 3.22. The smallest absolute Gasteiger partial charge is 0.272 e. The molecule has 10 heteroatoms. The van der Waals surface area contributed by atoms with Crippen LogP contribution < -0.4 is 0 Å². The number of sulfone groups is 1. The Balaban J connectivity index is 1.50. The Morgan fingerprint density at radius 1 is 1.06 bits per heavy atom. The number of carbonyl (C=O) groups excluding carboxylic acids is 1. The van der Waals surface area contributed by atoms with Gasteiger partial charge in [-0.25, -0.2) is 13.4 Å². The maximum Gasteiger partial charge on any atom is 0.272 e. The molecule has 1 saturated heterocycles. The van der Waals surface area contributed by atoms with Crippen LogP contribution in [0.5, 0.6) is 0 Å². The first-order valence-electron chi connectivity index (χ1n) is 10.7. The van der Waals surface area contributed by atoms with Crippen molar-refractivity contribution >= 4 is 26.8 Å². The van der Waals surface area contributed by atoms with Gasteiger partial charge >= 0.3 is 0 Å². The summed E-state index contributed by atoms with van der Waals surface area (Å²) in [6.07, 6.45) is 5.84. The summed E-state index contributed by atoms with van der Waals surface area (Å²) in [6.45, 7) is 3.50. The van der Waals surface area contributed by atoms with Crippen LogP contribution in [0, 0.1) is 0 Å². The van der Waals surface area contributed by atoms with E-state index in [1.807, 2.05) is 19.1 Å². The third-order valence-corrected chi connectivity index (χ3v) is 6.63. The molecule has 4 aromatic rings. The molecule has 5 heterocycles. The first-order chi connectivity index (χ1) is 16.3. The van der Waals surface area contributed by atoms with Gasteiger partial charge in [0.05, 0.1) is 12.7 Å². The van der Waals surface area contributed by atoms with Crippen molar-refractivity contribution in [1.82, 2.24) is 19.9 Å². The molecule has 1 aliphatic heterocycles. The van der Waals surface area contributed by atoms with Crippen molar-refractivity contribution < 1.29 is 22.4 Å². The molecule has 0 radical (unpaired) electrons. The molecule has 1 aliphatic rings. The van der Waals surface area contributed by atoms with Crippen LogP contribution in [0.4, 0.5) is 0 Å². The number of furan rings is 1. The van der Waals surface area contributed by atoms with Crippen LogP contribution >= 0.6 is 0 Å². The standard InChI is InChI=1S/C24H22N4O5S/c1-15-14-28(9-10-32-15)24(29)20-11-16(5-7-26-20)18-6-8-25-19-12-21(33-23(18)19)17-3-4-22(27-13-17)34(2,30)31/h3-8,11-13,15H,9-10,14H2,1-2H3. The van der Waals surface area contributed by atoms with Crippen LogP contribution in [-0.4, -0.2) is 66.2 Å². The van der Waals surface area contributed by atoms with E-state index in [0.29, 0.717) is 47.8 Å². The number of amides is 1. The second-order valence-electron chi connectivity index (χ2n) is 8.20. The van der Waals surface area contributed by atoms with E-state index in [9.17, 15) is 13.2 Å². The summed E-state index contributed by atoms with van der Waals surface area (Å²) in [5.74, 6) is 0.370. The highest BCUT2D eigenvalue weighted by Crippen LogP contribution is 2.33. The molecule has 34 heavy (non-hydrogen) atoms. The third-order valence-electron chi connectivity index (χ3n) is 5.63. The molecule has 0 aliphatic carbocycles. The lowest BCUT2D eigenvalue weighted by atomic mass is 10.1. The molecule has 9 nitrogen and oxygen atoms in total. The van der Waals surface area contributed by atoms with Crippen molar-refractivity contribution in [3.63, 3.8) is 0 Å². The van der Waals surface area contributed by atoms with Crippen LogP contribution in [-0.2, 0) is 14.6 Å². The molecule has 0 spiro atoms. The van der Waals surface area contributed by atoms with Gasteiger partial charge in [0.1, 0.15) is 17.0 Å². The van der Waals surface area contributed by atoms with E-state index in [2.05, 4.69) is 15.0 Å². The van der Waals surface area contributed by atoms with Crippen molar-refractivity contribution in [2.75, 3.05) is 26.0 Å². The first-order valence-corrected chi connectivity index (χ1v) is 12.6. The van der Waals surface area contributed by atoms with Gasteiger partial charge in [-0.3, -0.25) is 14.8 Å². The van der Waals surface area contributed by atoms with Crippen molar-refractivity contribution in [3.8, 4) is 22.5 Å². The summed E-state index contributed by atoms with van der Waals surface area (Å²) < 4.78 is 35.0. The number of morpholine rings is 1. The molecule has 1 atom stereocenters. The van der Waals surface area contributed by atoms with Crippen molar-refractivity contribution in [2.45, 2.75) is 18.1 Å². The number of ether oxygens (including phenoxy) is 1. The maximum atomic E-state index is 13.0. The highest BCUT2D eigenvalue weighted by atomic mass is 32.2. The molecule has 5 rings (SSSR count). The van der Waals surface area contributed by atoms with Gasteiger partial charge in [-0.05, 0) is 42.8 Å². The topological polar surface area (TPSA) is 115 Å². The summed E-state index contributed by atoms with van der Waals surface area (Å²) in [4.78, 5) is 27.5. The van der Waals surface area contributed by atoms with E-state index in [1.165, 1.54) is 12.3 Å². The lowest BCUT2D eigenvalue weighted by Gasteiger charge is -2.30. The second kappa shape index (κ2) is 8.62. The van der Waals surface area contributed by atoms with Crippen molar-refractivity contribution in [3.05, 3.63) is 60.7 Å². The van der Waals surface area contributed by atoms with Gasteiger partial charge < -0.3 is 14.1 Å². The Labute approximate surface area is 196 Å². The zero-order chi connectivity index (χ0) is 23.9. The average Bonchev–Trinajstić information content (AvgIpc) is 3.28. The number of aromatic nitrogens is 3. The number of hydrogen-bond donors (Lipinski definition) is 0. The summed E-state index contributed by atoms with van der Waals surface area (Å²) >= 11 is 0. The van der Waals surface area contributed by atoms with Crippen molar-refractivity contribution in [1.29, 1.82) is 0 Å². The fourth-order valence-electron chi connectivity index (χ4n) is 3.93. The van der Waals surface area contributed by atoms with Crippen LogP contribution in [0.1, 0.15) is 17.4 Å². The fraction of sp³-hybridized carbons (Fsp3) is 0.250. The molecule has 0 saturated carbocycles. The predicted molar refractivity (Wildman–Crippen MR) is 125 cm³/mol. The highest BCUT2D eigenvalue weighted by Gasteiger charge is 2.24. The SMILES string of the molecule is CC1CN(C(=O)c2cc(-c3ccnc4cc(-c5ccc(S(C)(=O)=O)nc5)oc34)ccn2)CCO1. The Hall–Kier alpha value is -3.63. The van der Waals surface area contributed by atoms with E-state index in [4.69, 9.17) is 9.15 Å². The Bertz CT molecular complexity index is 1480. The lowest BCUT2D eigenvalue weighted by molar-refractivity contribution is -0.0126. The quantitative estimate of drug-likeness (QED) is 0.439. The number of nitrogens with zero attached hydrogens (tertiary/aromatic N) is 4. The Kier molecular flexibility index (Phi) is 5.62. The van der Waals surface area contributed by atoms with Crippen LogP contribution in [0.2, 0.25) is 0 Å². The molecular formula is C24H22N4O5S. The zero-order valence-electron chi connectivity index (χ0n) is 18.6. The highest BCUT2D eigenvalue weighted by molar-refractivity contribution is 7.90. The van der Waals surface area contributed by atoms with E-state index in [-0.39, 0.29) is 17.0 Å². The molecule has 1 fully saturated rings. The van der Waals surface area contributed by atoms with E-state index in [1.54, 1.807) is 35.5 Å². The van der Waals surface area contributed by atoms with Gasteiger partial charge in [0.2, 0.25) is 0 Å². The molecule has 174 valence electrons. The third kappa shape index (κ3) is 4.29. The van der Waals surface area contributed by atoms with Crippen LogP contribution in [0.3, 0.4) is 0 Å². The minimum absolute atomic E-state index is 0.00480. The molecular weight excluding hydrogens is 456 g/mol. The Morgan fingerprint density at radius 2 is 1.88 bits per heavy atom. The molecule has 0 bridgehead atoms. The summed E-state index contributed by atoms with van der Waals surface area (Å²) in [5.41, 5.74) is 3.70. The minimum Gasteiger partial charge on any atom is -0.454 e. The molecule has 1 unspecified atom stereocenters. The zero-order valence-corrected chi connectivity index (χ0v) is 19.4. The largest absolute Gasteiger partial charge is 0.454 e. The van der Waals surface area contributed by atoms with Gasteiger partial charge in [0.25, 0.3) is 5.91 Å². The second-order valence-corrected chi connectivity index (χ2v) is 10.2. The van der Waals surface area contributed by atoms with Gasteiger partial charge in [-0.15, -0.1) is 0 Å². The van der Waals surface area contributed by atoms with Crippen LogP contribution in [0.15, 0.2) is 64.4 Å². The summed E-state index contributed by atoms with van der Waals surface area (Å²) in [6, 6.07) is 10.3. The minimum atomic E-state index is -3.39. The molecule has 4 aromatic heterocycles. The van der Waals surface area contributed by atoms with Gasteiger partial charge in [0, 0.05) is 55.1 Å². The van der Waals surface area contributed by atoms with Crippen LogP contribution in [0.25, 0.3) is 33.6 Å². The summed E-state index contributed by atoms with van der Waals surface area (Å²) in [7, 11) is -3.39. The maximum absolute atomic E-state index is 13.0. The number of pyridine rings is 3. The fourth-order valence-corrected chi connectivity index (χ4v) is 4.49. The van der Waals surface area contributed by atoms with Crippen molar-refractivity contribution in [2.24, 2.45) is 0 Å². The number of fused-ring (bicyclic) bond motifs is 1. The lowest BCUT2D eigenvalue weighted by Crippen LogP contribution is -2.44. The molecule has 0 aromatic carbocycles. The van der Waals surface area contributed by atoms with E-state index >= 15 is 0 Å². The Morgan fingerprint density at radius 3 is 2.62 bits per heavy atom. The molecule has 0 N–H and O–H groups in total. The van der Waals surface area contributed by atoms with Gasteiger partial charge in [0.15, 0.2) is 20.4 Å². The number of hydrogen-bond acceptors (Lipinski definition) is 8.